The lowest BCUT2D eigenvalue weighted by Crippen LogP contribution is -2.57. The van der Waals surface area contributed by atoms with E-state index in [1.807, 2.05) is 0 Å². The van der Waals surface area contributed by atoms with E-state index in [2.05, 4.69) is 25.7 Å². The molecule has 1 aliphatic heterocycles. The molecular weight excluding hydrogens is 370 g/mol. The van der Waals surface area contributed by atoms with Crippen LogP contribution in [-0.2, 0) is 4.79 Å². The van der Waals surface area contributed by atoms with Gasteiger partial charge in [0.15, 0.2) is 0 Å². The maximum absolute atomic E-state index is 13.8. The molecule has 1 amide bonds. The highest BCUT2D eigenvalue weighted by molar-refractivity contribution is 5.80. The van der Waals surface area contributed by atoms with E-state index in [-0.39, 0.29) is 11.3 Å². The van der Waals surface area contributed by atoms with E-state index in [1.165, 1.54) is 64.2 Å². The zero-order valence-electron chi connectivity index (χ0n) is 19.7. The first-order valence-electron chi connectivity index (χ1n) is 13.3. The van der Waals surface area contributed by atoms with Gasteiger partial charge in [-0.05, 0) is 126 Å². The first-order valence-corrected chi connectivity index (χ1v) is 13.3. The third-order valence-electron chi connectivity index (χ3n) is 10.9. The summed E-state index contributed by atoms with van der Waals surface area (Å²) >= 11 is 0. The Morgan fingerprint density at radius 3 is 2.47 bits per heavy atom. The lowest BCUT2D eigenvalue weighted by Gasteiger charge is -2.61. The van der Waals surface area contributed by atoms with E-state index in [4.69, 9.17) is 0 Å². The number of rotatable bonds is 1. The monoisotopic (exact) mass is 415 g/mol. The van der Waals surface area contributed by atoms with E-state index in [0.29, 0.717) is 11.9 Å². The molecular formula is C27H45NO2. The lowest BCUT2D eigenvalue weighted by atomic mass is 9.44. The predicted octanol–water partition coefficient (Wildman–Crippen LogP) is 5.80. The molecule has 0 radical (unpaired) electrons. The van der Waals surface area contributed by atoms with Crippen molar-refractivity contribution in [3.8, 4) is 0 Å². The fraction of sp³-hybridized carbons (Fsp3) is 0.963. The summed E-state index contributed by atoms with van der Waals surface area (Å²) in [5.41, 5.74) is -0.203. The zero-order chi connectivity index (χ0) is 21.1. The van der Waals surface area contributed by atoms with Gasteiger partial charge in [-0.15, -0.1) is 0 Å². The van der Waals surface area contributed by atoms with Crippen LogP contribution in [0.1, 0.15) is 104 Å². The van der Waals surface area contributed by atoms with Gasteiger partial charge in [-0.1, -0.05) is 13.3 Å². The van der Waals surface area contributed by atoms with Gasteiger partial charge in [0.05, 0.1) is 5.60 Å². The zero-order valence-corrected chi connectivity index (χ0v) is 19.7. The van der Waals surface area contributed by atoms with Crippen LogP contribution in [0.5, 0.6) is 0 Å². The summed E-state index contributed by atoms with van der Waals surface area (Å²) in [6.45, 7) is 7.84. The third kappa shape index (κ3) is 3.46. The minimum absolute atomic E-state index is 0.223. The van der Waals surface area contributed by atoms with Gasteiger partial charge < -0.3 is 10.0 Å². The molecule has 4 saturated carbocycles. The van der Waals surface area contributed by atoms with E-state index < -0.39 is 5.60 Å². The Hall–Kier alpha value is -0.570. The molecule has 5 rings (SSSR count). The average molecular weight is 416 g/mol. The topological polar surface area (TPSA) is 40.5 Å². The number of fused-ring (bicyclic) bond motifs is 5. The lowest BCUT2D eigenvalue weighted by molar-refractivity contribution is -0.161. The standard InChI is InChI=1S/C27H45NO2/c1-18-7-4-5-16-28(18)25(29)24-9-6-8-23-22-11-10-19-17-26(2,30)14-12-20(19)21(22)13-15-27(23,24)3/h18-24,30H,4-17H2,1-3H3/t18-,19+,20-,21+,22+,23-,24+,26+,27-/m0/s1. The fourth-order valence-corrected chi connectivity index (χ4v) is 9.31. The van der Waals surface area contributed by atoms with Crippen LogP contribution >= 0.6 is 0 Å². The molecule has 0 bridgehead atoms. The molecule has 1 N–H and O–H groups in total. The first kappa shape index (κ1) is 21.3. The van der Waals surface area contributed by atoms with Gasteiger partial charge in [0.1, 0.15) is 0 Å². The number of amides is 1. The highest BCUT2D eigenvalue weighted by atomic mass is 16.3. The molecule has 1 saturated heterocycles. The van der Waals surface area contributed by atoms with Crippen molar-refractivity contribution in [2.24, 2.45) is 40.9 Å². The van der Waals surface area contributed by atoms with Gasteiger partial charge in [-0.2, -0.15) is 0 Å². The van der Waals surface area contributed by atoms with Gasteiger partial charge >= 0.3 is 0 Å². The summed E-state index contributed by atoms with van der Waals surface area (Å²) in [5, 5.41) is 10.6. The highest BCUT2D eigenvalue weighted by Gasteiger charge is 2.57. The summed E-state index contributed by atoms with van der Waals surface area (Å²) in [5.74, 6) is 4.81. The molecule has 0 spiro atoms. The molecule has 3 nitrogen and oxygen atoms in total. The number of carbonyl (C=O) groups is 1. The van der Waals surface area contributed by atoms with Crippen LogP contribution in [0.3, 0.4) is 0 Å². The molecule has 0 aromatic heterocycles. The van der Waals surface area contributed by atoms with Crippen LogP contribution in [0.4, 0.5) is 0 Å². The average Bonchev–Trinajstić information content (AvgIpc) is 2.71. The van der Waals surface area contributed by atoms with Crippen molar-refractivity contribution in [2.45, 2.75) is 116 Å². The number of nitrogens with zero attached hydrogens (tertiary/aromatic N) is 1. The molecule has 0 aromatic carbocycles. The second-order valence-electron chi connectivity index (χ2n) is 12.6. The number of aliphatic hydroxyl groups is 1. The van der Waals surface area contributed by atoms with Crippen molar-refractivity contribution in [3.63, 3.8) is 0 Å². The minimum Gasteiger partial charge on any atom is -0.390 e. The van der Waals surface area contributed by atoms with Gasteiger partial charge in [0.25, 0.3) is 0 Å². The number of piperidine rings is 1. The molecule has 0 aromatic rings. The van der Waals surface area contributed by atoms with E-state index in [0.717, 1.165) is 55.4 Å². The maximum Gasteiger partial charge on any atom is 0.226 e. The molecule has 4 aliphatic carbocycles. The molecule has 0 unspecified atom stereocenters. The minimum atomic E-state index is -0.426. The smallest absolute Gasteiger partial charge is 0.226 e. The van der Waals surface area contributed by atoms with Gasteiger partial charge in [-0.25, -0.2) is 0 Å². The Labute approximate surface area is 184 Å². The Kier molecular flexibility index (Phi) is 5.52. The third-order valence-corrected chi connectivity index (χ3v) is 10.9. The SMILES string of the molecule is C[C@H]1CCCCN1C(=O)[C@H]1CCC[C@H]2[C@@H]3CC[C@@H]4C[C@](C)(O)CC[C@@H]4[C@H]3CC[C@]12C. The second kappa shape index (κ2) is 7.78. The number of carbonyl (C=O) groups excluding carboxylic acids is 1. The predicted molar refractivity (Wildman–Crippen MR) is 121 cm³/mol. The van der Waals surface area contributed by atoms with Crippen molar-refractivity contribution in [1.29, 1.82) is 0 Å². The Morgan fingerprint density at radius 1 is 0.867 bits per heavy atom. The molecule has 170 valence electrons. The second-order valence-corrected chi connectivity index (χ2v) is 12.6. The van der Waals surface area contributed by atoms with Crippen molar-refractivity contribution < 1.29 is 9.90 Å². The van der Waals surface area contributed by atoms with Crippen LogP contribution in [0.2, 0.25) is 0 Å². The molecule has 9 atom stereocenters. The summed E-state index contributed by atoms with van der Waals surface area (Å²) in [6, 6.07) is 0.442. The van der Waals surface area contributed by atoms with Crippen LogP contribution < -0.4 is 0 Å². The quantitative estimate of drug-likeness (QED) is 0.588. The van der Waals surface area contributed by atoms with Crippen LogP contribution in [0.15, 0.2) is 0 Å². The van der Waals surface area contributed by atoms with E-state index >= 15 is 0 Å². The van der Waals surface area contributed by atoms with Crippen molar-refractivity contribution in [3.05, 3.63) is 0 Å². The fourth-order valence-electron chi connectivity index (χ4n) is 9.31. The molecule has 5 aliphatic rings. The molecule has 3 heteroatoms. The number of hydrogen-bond donors (Lipinski definition) is 1. The van der Waals surface area contributed by atoms with Crippen molar-refractivity contribution >= 4 is 5.91 Å². The van der Waals surface area contributed by atoms with Crippen LogP contribution in [0, 0.1) is 40.9 Å². The molecule has 1 heterocycles. The van der Waals surface area contributed by atoms with Gasteiger partial charge in [0, 0.05) is 18.5 Å². The maximum atomic E-state index is 13.8. The highest BCUT2D eigenvalue weighted by Crippen LogP contribution is 2.63. The number of likely N-dealkylation sites (tertiary alicyclic amines) is 1. The van der Waals surface area contributed by atoms with E-state index in [1.54, 1.807) is 0 Å². The van der Waals surface area contributed by atoms with Crippen molar-refractivity contribution in [1.82, 2.24) is 4.90 Å². The molecule has 30 heavy (non-hydrogen) atoms. The van der Waals surface area contributed by atoms with Crippen LogP contribution in [0.25, 0.3) is 0 Å². The largest absolute Gasteiger partial charge is 0.390 e. The molecule has 5 fully saturated rings. The summed E-state index contributed by atoms with van der Waals surface area (Å²) in [4.78, 5) is 16.1. The van der Waals surface area contributed by atoms with Crippen molar-refractivity contribution in [2.75, 3.05) is 6.54 Å². The van der Waals surface area contributed by atoms with Gasteiger partial charge in [0.2, 0.25) is 5.91 Å². The Balaban J connectivity index is 1.35. The summed E-state index contributed by atoms with van der Waals surface area (Å²) in [6.07, 6.45) is 15.9. The van der Waals surface area contributed by atoms with E-state index in [9.17, 15) is 9.90 Å². The Bertz CT molecular complexity index is 659. The summed E-state index contributed by atoms with van der Waals surface area (Å²) < 4.78 is 0. The first-order chi connectivity index (χ1) is 14.3. The number of hydrogen-bond acceptors (Lipinski definition) is 2. The summed E-state index contributed by atoms with van der Waals surface area (Å²) in [7, 11) is 0. The van der Waals surface area contributed by atoms with Gasteiger partial charge in [-0.3, -0.25) is 4.79 Å². The Morgan fingerprint density at radius 2 is 1.67 bits per heavy atom. The van der Waals surface area contributed by atoms with Crippen LogP contribution in [-0.4, -0.2) is 34.1 Å². The normalized spacial score (nSPS) is 51.5.